The van der Waals surface area contributed by atoms with Crippen molar-refractivity contribution in [1.29, 1.82) is 0 Å². The summed E-state index contributed by atoms with van der Waals surface area (Å²) in [5.41, 5.74) is 2.47. The van der Waals surface area contributed by atoms with Gasteiger partial charge in [-0.2, -0.15) is 0 Å². The predicted octanol–water partition coefficient (Wildman–Crippen LogP) is 3.18. The van der Waals surface area contributed by atoms with Crippen molar-refractivity contribution >= 4 is 11.7 Å². The first kappa shape index (κ1) is 21.6. The van der Waals surface area contributed by atoms with Gasteiger partial charge in [0.1, 0.15) is 23.0 Å². The number of piperazine rings is 1. The van der Waals surface area contributed by atoms with Gasteiger partial charge in [-0.3, -0.25) is 4.79 Å². The Hall–Kier alpha value is -3.58. The van der Waals surface area contributed by atoms with Crippen molar-refractivity contribution in [3.63, 3.8) is 0 Å². The molecule has 1 fully saturated rings. The molecule has 3 aromatic rings. The Kier molecular flexibility index (Phi) is 6.87. The fourth-order valence-corrected chi connectivity index (χ4v) is 3.88. The monoisotopic (exact) mass is 432 g/mol. The molecule has 0 spiro atoms. The fraction of sp³-hybridized carbons (Fsp3) is 0.280. The molecule has 4 rings (SSSR count). The maximum Gasteiger partial charge on any atom is 0.270 e. The zero-order valence-electron chi connectivity index (χ0n) is 18.4. The summed E-state index contributed by atoms with van der Waals surface area (Å²) in [5, 5.41) is 6.50. The molecule has 0 unspecified atom stereocenters. The Morgan fingerprint density at radius 1 is 1.09 bits per heavy atom. The van der Waals surface area contributed by atoms with Gasteiger partial charge in [-0.15, -0.1) is 0 Å². The third-order valence-corrected chi connectivity index (χ3v) is 5.60. The van der Waals surface area contributed by atoms with Gasteiger partial charge in [0, 0.05) is 37.8 Å². The zero-order valence-corrected chi connectivity index (χ0v) is 18.4. The molecule has 1 saturated heterocycles. The highest BCUT2D eigenvalue weighted by Gasteiger charge is 2.22. The summed E-state index contributed by atoms with van der Waals surface area (Å²) in [7, 11) is 3.21. The number of rotatable bonds is 7. The van der Waals surface area contributed by atoms with Gasteiger partial charge in [0.25, 0.3) is 5.91 Å². The molecule has 1 aliphatic heterocycles. The summed E-state index contributed by atoms with van der Waals surface area (Å²) in [6.07, 6.45) is 0. The van der Waals surface area contributed by atoms with Crippen molar-refractivity contribution in [3.8, 4) is 11.5 Å². The summed E-state index contributed by atoms with van der Waals surface area (Å²) in [6.45, 7) is 2.80. The number of benzene rings is 2. The molecule has 2 N–H and O–H groups in total. The van der Waals surface area contributed by atoms with Crippen LogP contribution >= 0.6 is 0 Å². The zero-order chi connectivity index (χ0) is 22.3. The Bertz CT molecular complexity index is 1060. The van der Waals surface area contributed by atoms with Crippen LogP contribution in [-0.2, 0) is 6.54 Å². The average Bonchev–Trinajstić information content (AvgIpc) is 2.87. The molecule has 1 aromatic heterocycles. The van der Waals surface area contributed by atoms with E-state index in [0.717, 1.165) is 31.0 Å². The first-order valence-electron chi connectivity index (χ1n) is 10.7. The minimum Gasteiger partial charge on any atom is -0.497 e. The number of hydrogen-bond donors (Lipinski definition) is 2. The van der Waals surface area contributed by atoms with Gasteiger partial charge >= 0.3 is 0 Å². The first-order chi connectivity index (χ1) is 15.7. The SMILES string of the molecule is COc1ccc(OC)c(CNC(=O)c2cccc(N3CCN[C@H](c4ccccc4)C3)n2)c1. The van der Waals surface area contributed by atoms with Crippen LogP contribution in [0.2, 0.25) is 0 Å². The van der Waals surface area contributed by atoms with Crippen LogP contribution in [0.4, 0.5) is 5.82 Å². The van der Waals surface area contributed by atoms with Crippen LogP contribution in [0.5, 0.6) is 11.5 Å². The number of anilines is 1. The lowest BCUT2D eigenvalue weighted by molar-refractivity contribution is 0.0945. The van der Waals surface area contributed by atoms with Crippen molar-refractivity contribution in [2.24, 2.45) is 0 Å². The van der Waals surface area contributed by atoms with Crippen LogP contribution in [0.1, 0.15) is 27.7 Å². The Morgan fingerprint density at radius 3 is 2.72 bits per heavy atom. The normalized spacial score (nSPS) is 15.8. The minimum atomic E-state index is -0.230. The number of hydrogen-bond acceptors (Lipinski definition) is 6. The van der Waals surface area contributed by atoms with E-state index in [9.17, 15) is 4.79 Å². The molecule has 32 heavy (non-hydrogen) atoms. The standard InChI is InChI=1S/C25H28N4O3/c1-31-20-11-12-23(32-2)19(15-20)16-27-25(30)21-9-6-10-24(28-21)29-14-13-26-22(17-29)18-7-4-3-5-8-18/h3-12,15,22,26H,13-14,16-17H2,1-2H3,(H,27,30)/t22-/m0/s1. The molecule has 7 heteroatoms. The molecular formula is C25H28N4O3. The highest BCUT2D eigenvalue weighted by Crippen LogP contribution is 2.24. The van der Waals surface area contributed by atoms with Gasteiger partial charge in [0.2, 0.25) is 0 Å². The molecular weight excluding hydrogens is 404 g/mol. The van der Waals surface area contributed by atoms with E-state index >= 15 is 0 Å². The lowest BCUT2D eigenvalue weighted by atomic mass is 10.0. The lowest BCUT2D eigenvalue weighted by Crippen LogP contribution is -2.46. The summed E-state index contributed by atoms with van der Waals surface area (Å²) in [5.74, 6) is 1.98. The number of carbonyl (C=O) groups excluding carboxylic acids is 1. The number of aromatic nitrogens is 1. The molecule has 166 valence electrons. The molecule has 7 nitrogen and oxygen atoms in total. The number of nitrogens with one attached hydrogen (secondary N) is 2. The molecule has 1 atom stereocenters. The largest absolute Gasteiger partial charge is 0.497 e. The minimum absolute atomic E-state index is 0.227. The number of pyridine rings is 1. The van der Waals surface area contributed by atoms with Crippen LogP contribution in [0.15, 0.2) is 66.7 Å². The summed E-state index contributed by atoms with van der Waals surface area (Å²) in [4.78, 5) is 19.7. The third kappa shape index (κ3) is 5.00. The van der Waals surface area contributed by atoms with E-state index in [-0.39, 0.29) is 11.9 Å². The molecule has 0 bridgehead atoms. The number of nitrogens with zero attached hydrogens (tertiary/aromatic N) is 2. The van der Waals surface area contributed by atoms with Gasteiger partial charge < -0.3 is 25.0 Å². The van der Waals surface area contributed by atoms with Crippen molar-refractivity contribution in [2.75, 3.05) is 38.8 Å². The van der Waals surface area contributed by atoms with Gasteiger partial charge in [-0.05, 0) is 35.9 Å². The van der Waals surface area contributed by atoms with Crippen LogP contribution in [-0.4, -0.2) is 44.7 Å². The van der Waals surface area contributed by atoms with Crippen molar-refractivity contribution < 1.29 is 14.3 Å². The van der Waals surface area contributed by atoms with Crippen LogP contribution in [0, 0.1) is 0 Å². The van der Waals surface area contributed by atoms with E-state index in [1.54, 1.807) is 20.3 Å². The number of carbonyl (C=O) groups is 1. The highest BCUT2D eigenvalue weighted by molar-refractivity contribution is 5.92. The summed E-state index contributed by atoms with van der Waals surface area (Å²) < 4.78 is 10.7. The Balaban J connectivity index is 1.44. The van der Waals surface area contributed by atoms with Gasteiger partial charge in [0.15, 0.2) is 0 Å². The smallest absolute Gasteiger partial charge is 0.270 e. The molecule has 1 aliphatic rings. The first-order valence-corrected chi connectivity index (χ1v) is 10.7. The van der Waals surface area contributed by atoms with Crippen molar-refractivity contribution in [1.82, 2.24) is 15.6 Å². The molecule has 0 radical (unpaired) electrons. The third-order valence-electron chi connectivity index (χ3n) is 5.60. The van der Waals surface area contributed by atoms with Crippen LogP contribution < -0.4 is 25.0 Å². The van der Waals surface area contributed by atoms with Crippen molar-refractivity contribution in [3.05, 3.63) is 83.6 Å². The van der Waals surface area contributed by atoms with E-state index < -0.39 is 0 Å². The summed E-state index contributed by atoms with van der Waals surface area (Å²) >= 11 is 0. The highest BCUT2D eigenvalue weighted by atomic mass is 16.5. The topological polar surface area (TPSA) is 75.7 Å². The van der Waals surface area contributed by atoms with E-state index in [1.165, 1.54) is 5.56 Å². The maximum absolute atomic E-state index is 12.8. The van der Waals surface area contributed by atoms with Gasteiger partial charge in [-0.1, -0.05) is 36.4 Å². The quantitative estimate of drug-likeness (QED) is 0.597. The number of methoxy groups -OCH3 is 2. The second-order valence-corrected chi connectivity index (χ2v) is 7.60. The van der Waals surface area contributed by atoms with Crippen LogP contribution in [0.3, 0.4) is 0 Å². The van der Waals surface area contributed by atoms with E-state index in [2.05, 4.69) is 44.8 Å². The second-order valence-electron chi connectivity index (χ2n) is 7.60. The fourth-order valence-electron chi connectivity index (χ4n) is 3.88. The van der Waals surface area contributed by atoms with E-state index in [1.807, 2.05) is 36.4 Å². The molecule has 2 heterocycles. The summed E-state index contributed by atoms with van der Waals surface area (Å²) in [6, 6.07) is 21.7. The lowest BCUT2D eigenvalue weighted by Gasteiger charge is -2.35. The average molecular weight is 433 g/mol. The maximum atomic E-state index is 12.8. The number of amides is 1. The van der Waals surface area contributed by atoms with Crippen molar-refractivity contribution in [2.45, 2.75) is 12.6 Å². The Morgan fingerprint density at radius 2 is 1.94 bits per heavy atom. The number of ether oxygens (including phenoxy) is 2. The molecule has 0 aliphatic carbocycles. The van der Waals surface area contributed by atoms with Crippen LogP contribution in [0.25, 0.3) is 0 Å². The van der Waals surface area contributed by atoms with E-state index in [4.69, 9.17) is 9.47 Å². The predicted molar refractivity (Wildman–Crippen MR) is 124 cm³/mol. The molecule has 0 saturated carbocycles. The molecule has 1 amide bonds. The van der Waals surface area contributed by atoms with E-state index in [0.29, 0.717) is 23.7 Å². The second kappa shape index (κ2) is 10.2. The van der Waals surface area contributed by atoms with Gasteiger partial charge in [0.05, 0.1) is 14.2 Å². The van der Waals surface area contributed by atoms with Gasteiger partial charge in [-0.25, -0.2) is 4.98 Å². The molecule has 2 aromatic carbocycles. The Labute approximate surface area is 188 Å².